The Kier molecular flexibility index (Phi) is 4.76. The van der Waals surface area contributed by atoms with Crippen molar-refractivity contribution in [2.75, 3.05) is 6.54 Å². The molecule has 0 bridgehead atoms. The van der Waals surface area contributed by atoms with Crippen LogP contribution in [-0.2, 0) is 32.1 Å². The molecule has 1 saturated heterocycles. The Morgan fingerprint density at radius 3 is 1.81 bits per heavy atom. The molecule has 2 aromatic rings. The van der Waals surface area contributed by atoms with E-state index in [1.807, 2.05) is 0 Å². The van der Waals surface area contributed by atoms with Crippen LogP contribution in [0, 0.1) is 0 Å². The third-order valence-electron chi connectivity index (χ3n) is 5.66. The molecule has 10 nitrogen and oxygen atoms in total. The van der Waals surface area contributed by atoms with E-state index in [1.165, 1.54) is 12.1 Å². The molecule has 0 radical (unpaired) electrons. The van der Waals surface area contributed by atoms with Crippen molar-refractivity contribution in [3.05, 3.63) is 46.8 Å². The highest BCUT2D eigenvalue weighted by Gasteiger charge is 2.39. The fourth-order valence-corrected chi connectivity index (χ4v) is 4.05. The summed E-state index contributed by atoms with van der Waals surface area (Å²) in [4.78, 5) is 76.0. The van der Waals surface area contributed by atoms with Gasteiger partial charge in [0, 0.05) is 12.8 Å². The minimum atomic E-state index is -1.06. The van der Waals surface area contributed by atoms with Crippen molar-refractivity contribution in [3.8, 4) is 0 Å². The number of fused-ring (bicyclic) bond motifs is 3. The Morgan fingerprint density at radius 1 is 0.812 bits per heavy atom. The van der Waals surface area contributed by atoms with Crippen molar-refractivity contribution in [3.63, 3.8) is 0 Å². The van der Waals surface area contributed by atoms with E-state index in [-0.39, 0.29) is 24.0 Å². The summed E-state index contributed by atoms with van der Waals surface area (Å²) >= 11 is 0. The second-order valence-electron chi connectivity index (χ2n) is 7.79. The molecule has 162 valence electrons. The smallest absolute Gasteiger partial charge is 0.328 e. The number of benzene rings is 1. The predicted octanol–water partition coefficient (Wildman–Crippen LogP) is 1.27. The van der Waals surface area contributed by atoms with Crippen LogP contribution in [-0.4, -0.2) is 56.1 Å². The average molecular weight is 434 g/mol. The van der Waals surface area contributed by atoms with Gasteiger partial charge in [0.1, 0.15) is 6.54 Å². The topological polar surface area (TPSA) is 127 Å². The third kappa shape index (κ3) is 3.33. The second kappa shape index (κ2) is 7.63. The first-order valence-corrected chi connectivity index (χ1v) is 10.3. The summed E-state index contributed by atoms with van der Waals surface area (Å²) in [6, 6.07) is 3.04. The van der Waals surface area contributed by atoms with Crippen LogP contribution in [0.2, 0.25) is 0 Å². The van der Waals surface area contributed by atoms with Gasteiger partial charge < -0.3 is 4.84 Å². The van der Waals surface area contributed by atoms with Crippen LogP contribution in [0.5, 0.6) is 0 Å². The first-order chi connectivity index (χ1) is 15.4. The summed E-state index contributed by atoms with van der Waals surface area (Å²) in [7, 11) is 0. The fourth-order valence-electron chi connectivity index (χ4n) is 4.05. The largest absolute Gasteiger partial charge is 0.352 e. The first kappa shape index (κ1) is 20.0. The van der Waals surface area contributed by atoms with Gasteiger partial charge in [0.15, 0.2) is 0 Å². The van der Waals surface area contributed by atoms with Gasteiger partial charge >= 0.3 is 5.97 Å². The molecular weight excluding hydrogens is 416 g/mol. The van der Waals surface area contributed by atoms with E-state index in [0.717, 1.165) is 42.0 Å². The van der Waals surface area contributed by atoms with Crippen LogP contribution in [0.3, 0.4) is 0 Å². The summed E-state index contributed by atoms with van der Waals surface area (Å²) in [5, 5.41) is 0.382. The van der Waals surface area contributed by atoms with E-state index in [2.05, 4.69) is 22.1 Å². The zero-order valence-electron chi connectivity index (χ0n) is 17.0. The number of hydroxylamine groups is 2. The molecule has 0 N–H and O–H groups in total. The van der Waals surface area contributed by atoms with Crippen LogP contribution < -0.4 is 0 Å². The minimum Gasteiger partial charge on any atom is -0.328 e. The van der Waals surface area contributed by atoms with E-state index >= 15 is 0 Å². The monoisotopic (exact) mass is 434 g/mol. The maximum Gasteiger partial charge on any atom is 0.352 e. The molecule has 32 heavy (non-hydrogen) atoms. The molecular formula is C22H18N4O6. The molecule has 0 spiro atoms. The number of hydrogen-bond acceptors (Lipinski definition) is 8. The van der Waals surface area contributed by atoms with Crippen molar-refractivity contribution in [2.24, 2.45) is 0 Å². The second-order valence-corrected chi connectivity index (χ2v) is 7.79. The summed E-state index contributed by atoms with van der Waals surface area (Å²) in [6.07, 6.45) is 7.31. The predicted molar refractivity (Wildman–Crippen MR) is 108 cm³/mol. The molecule has 1 aromatic carbocycles. The molecule has 10 heteroatoms. The van der Waals surface area contributed by atoms with E-state index in [4.69, 9.17) is 4.84 Å². The van der Waals surface area contributed by atoms with Crippen molar-refractivity contribution in [1.29, 1.82) is 0 Å². The van der Waals surface area contributed by atoms with Crippen LogP contribution in [0.1, 0.15) is 57.8 Å². The summed E-state index contributed by atoms with van der Waals surface area (Å²) in [5.41, 5.74) is 3.02. The van der Waals surface area contributed by atoms with Gasteiger partial charge in [0.05, 0.1) is 33.5 Å². The molecule has 5 rings (SSSR count). The minimum absolute atomic E-state index is 0.0498. The number of nitrogens with zero attached hydrogens (tertiary/aromatic N) is 4. The van der Waals surface area contributed by atoms with Crippen LogP contribution in [0.15, 0.2) is 24.3 Å². The quantitative estimate of drug-likeness (QED) is 0.522. The first-order valence-electron chi connectivity index (χ1n) is 10.3. The van der Waals surface area contributed by atoms with Crippen LogP contribution in [0.4, 0.5) is 0 Å². The highest BCUT2D eigenvalue weighted by Crippen LogP contribution is 2.28. The number of aromatic nitrogens is 2. The molecule has 1 fully saturated rings. The number of imide groups is 2. The molecule has 3 heterocycles. The summed E-state index contributed by atoms with van der Waals surface area (Å²) in [5.74, 6) is -3.67. The van der Waals surface area contributed by atoms with Crippen LogP contribution >= 0.6 is 0 Å². The van der Waals surface area contributed by atoms with Gasteiger partial charge in [-0.2, -0.15) is 0 Å². The van der Waals surface area contributed by atoms with Crippen molar-refractivity contribution >= 4 is 40.6 Å². The van der Waals surface area contributed by atoms with Crippen molar-refractivity contribution in [1.82, 2.24) is 19.9 Å². The normalized spacial score (nSPS) is 19.1. The molecule has 1 aromatic heterocycles. The standard InChI is InChI=1S/C22H18N4O6/c27-18-7-8-19(28)26(18)32-20(29)11-25-21(30)12-9-16-17(10-13(12)22(25)31)24-15-6-4-2-1-3-5-14(15)23-16/h1-2,9-10H,3-8,11H2/b2-1+. The van der Waals surface area contributed by atoms with E-state index in [1.54, 1.807) is 0 Å². The molecule has 1 aliphatic carbocycles. The molecule has 3 aliphatic rings. The average Bonchev–Trinajstić information content (AvgIpc) is 3.18. The maximum atomic E-state index is 12.8. The number of rotatable bonds is 3. The molecule has 0 atom stereocenters. The van der Waals surface area contributed by atoms with Gasteiger partial charge in [-0.15, -0.1) is 5.06 Å². The molecule has 4 amide bonds. The van der Waals surface area contributed by atoms with E-state index in [0.29, 0.717) is 16.1 Å². The number of carbonyl (C=O) groups excluding carboxylic acids is 5. The van der Waals surface area contributed by atoms with Crippen molar-refractivity contribution in [2.45, 2.75) is 38.5 Å². The van der Waals surface area contributed by atoms with Gasteiger partial charge in [0.2, 0.25) is 0 Å². The van der Waals surface area contributed by atoms with E-state index < -0.39 is 36.1 Å². The lowest BCUT2D eigenvalue weighted by Crippen LogP contribution is -2.40. The van der Waals surface area contributed by atoms with Crippen LogP contribution in [0.25, 0.3) is 11.0 Å². The highest BCUT2D eigenvalue weighted by atomic mass is 16.7. The number of carbonyl (C=O) groups is 5. The van der Waals surface area contributed by atoms with Gasteiger partial charge in [-0.1, -0.05) is 12.2 Å². The fraction of sp³-hybridized carbons (Fsp3) is 0.318. The molecule has 0 unspecified atom stereocenters. The van der Waals surface area contributed by atoms with Crippen molar-refractivity contribution < 1.29 is 28.8 Å². The summed E-state index contributed by atoms with van der Waals surface area (Å²) < 4.78 is 0. The van der Waals surface area contributed by atoms with Gasteiger partial charge in [-0.05, 0) is 37.8 Å². The Morgan fingerprint density at radius 2 is 1.31 bits per heavy atom. The number of allylic oxidation sites excluding steroid dienone is 2. The number of hydrogen-bond donors (Lipinski definition) is 0. The number of aryl methyl sites for hydroxylation is 2. The lowest BCUT2D eigenvalue weighted by atomic mass is 10.0. The zero-order chi connectivity index (χ0) is 22.4. The lowest BCUT2D eigenvalue weighted by Gasteiger charge is -2.16. The Balaban J connectivity index is 1.41. The third-order valence-corrected chi connectivity index (χ3v) is 5.66. The van der Waals surface area contributed by atoms with Gasteiger partial charge in [0.25, 0.3) is 23.6 Å². The van der Waals surface area contributed by atoms with E-state index in [9.17, 15) is 24.0 Å². The lowest BCUT2D eigenvalue weighted by molar-refractivity contribution is -0.197. The maximum absolute atomic E-state index is 12.8. The Bertz CT molecular complexity index is 1170. The van der Waals surface area contributed by atoms with Gasteiger partial charge in [-0.25, -0.2) is 14.8 Å². The number of amides is 4. The van der Waals surface area contributed by atoms with Gasteiger partial charge in [-0.3, -0.25) is 24.1 Å². The Labute approximate surface area is 181 Å². The zero-order valence-corrected chi connectivity index (χ0v) is 17.0. The molecule has 2 aliphatic heterocycles. The molecule has 0 saturated carbocycles. The SMILES string of the molecule is O=C(CN1C(=O)c2cc3nc4c(nc3cc2C1=O)CC/C=C/CC4)ON1C(=O)CCC1=O. The Hall–Kier alpha value is -3.95. The summed E-state index contributed by atoms with van der Waals surface area (Å²) in [6.45, 7) is -0.719. The highest BCUT2D eigenvalue weighted by molar-refractivity contribution is 6.23.